The van der Waals surface area contributed by atoms with Gasteiger partial charge in [0.1, 0.15) is 11.6 Å². The van der Waals surface area contributed by atoms with Gasteiger partial charge in [-0.05, 0) is 54.7 Å². The smallest absolute Gasteiger partial charge is 0.479 e. The van der Waals surface area contributed by atoms with Gasteiger partial charge in [-0.2, -0.15) is 0 Å². The topological polar surface area (TPSA) is 134 Å². The molecule has 1 unspecified atom stereocenters. The first-order valence-electron chi connectivity index (χ1n) is 13.5. The van der Waals surface area contributed by atoms with Crippen LogP contribution in [0.5, 0.6) is 0 Å². The predicted octanol–water partition coefficient (Wildman–Crippen LogP) is 4.49. The van der Waals surface area contributed by atoms with E-state index in [-0.39, 0.29) is 36.5 Å². The van der Waals surface area contributed by atoms with Gasteiger partial charge in [0.05, 0.1) is 12.7 Å². The van der Waals surface area contributed by atoms with E-state index in [1.165, 1.54) is 13.0 Å². The quantitative estimate of drug-likeness (QED) is 0.325. The van der Waals surface area contributed by atoms with Crippen molar-refractivity contribution < 1.29 is 51.6 Å². The van der Waals surface area contributed by atoms with Crippen molar-refractivity contribution in [3.05, 3.63) is 35.4 Å². The average Bonchev–Trinajstić information content (AvgIpc) is 3.34. The summed E-state index contributed by atoms with van der Waals surface area (Å²) in [5.41, 5.74) is 1.56. The van der Waals surface area contributed by atoms with E-state index in [1.54, 1.807) is 0 Å². The zero-order chi connectivity index (χ0) is 29.6. The lowest BCUT2D eigenvalue weighted by atomic mass is 9.75. The molecule has 0 amide bonds. The molecule has 0 heterocycles. The van der Waals surface area contributed by atoms with Crippen LogP contribution in [0.1, 0.15) is 58.9 Å². The van der Waals surface area contributed by atoms with Crippen molar-refractivity contribution in [3.8, 4) is 0 Å². The number of hydrogen-bond acceptors (Lipinski definition) is 8. The summed E-state index contributed by atoms with van der Waals surface area (Å²) in [6, 6.07) is 3.06. The summed E-state index contributed by atoms with van der Waals surface area (Å²) >= 11 is 0. The van der Waals surface area contributed by atoms with Crippen LogP contribution in [-0.2, 0) is 35.1 Å². The molecule has 9 atom stereocenters. The normalized spacial score (nSPS) is 35.5. The first kappa shape index (κ1) is 30.1. The van der Waals surface area contributed by atoms with Crippen LogP contribution in [0.2, 0.25) is 0 Å². The molecule has 0 bridgehead atoms. The molecule has 0 radical (unpaired) electrons. The van der Waals surface area contributed by atoms with E-state index < -0.39 is 65.2 Å². The maximum absolute atomic E-state index is 15.2. The largest absolute Gasteiger partial charge is 0.511 e. The Morgan fingerprint density at radius 1 is 1.10 bits per heavy atom. The zero-order valence-corrected chi connectivity index (χ0v) is 22.9. The highest BCUT2D eigenvalue weighted by atomic mass is 19.2. The fourth-order valence-electron chi connectivity index (χ4n) is 6.44. The number of fused-ring (bicyclic) bond motifs is 1. The minimum atomic E-state index is -2.76. The van der Waals surface area contributed by atoms with E-state index in [9.17, 15) is 28.3 Å². The molecule has 0 saturated heterocycles. The highest BCUT2D eigenvalue weighted by Gasteiger charge is 2.85. The minimum Gasteiger partial charge on any atom is -0.479 e. The Bertz CT molecular complexity index is 1150. The van der Waals surface area contributed by atoms with Gasteiger partial charge in [0.2, 0.25) is 12.0 Å². The molecular formula is C28H36F3NO8. The van der Waals surface area contributed by atoms with Crippen molar-refractivity contribution in [1.29, 1.82) is 0 Å². The van der Waals surface area contributed by atoms with Crippen LogP contribution in [0.3, 0.4) is 0 Å². The van der Waals surface area contributed by atoms with Crippen LogP contribution in [-0.4, -0.2) is 52.9 Å². The van der Waals surface area contributed by atoms with Crippen molar-refractivity contribution in [2.45, 2.75) is 89.7 Å². The van der Waals surface area contributed by atoms with Crippen molar-refractivity contribution in [3.63, 3.8) is 0 Å². The SMILES string of the molecule is CC(C)[C@@H]1CC[C@@H](C)CC1OC(=O)O[C@H](C)OC(=O)[C@@]1(N)[C@H]2[C@@H](C[C@H]1OCc1ccc(F)c(F)c1)[C@]2(F)C(=O)O. The minimum absolute atomic E-state index is 0.153. The molecule has 0 spiro atoms. The zero-order valence-electron chi connectivity index (χ0n) is 22.9. The Balaban J connectivity index is 1.42. The van der Waals surface area contributed by atoms with Gasteiger partial charge in [0.25, 0.3) is 0 Å². The number of hydrogen-bond donors (Lipinski definition) is 2. The number of ether oxygens (including phenoxy) is 4. The second kappa shape index (κ2) is 11.2. The van der Waals surface area contributed by atoms with Crippen molar-refractivity contribution in [1.82, 2.24) is 0 Å². The summed E-state index contributed by atoms with van der Waals surface area (Å²) in [6.45, 7) is 7.11. The third-order valence-corrected chi connectivity index (χ3v) is 8.66. The van der Waals surface area contributed by atoms with Gasteiger partial charge in [0, 0.05) is 18.8 Å². The molecule has 222 valence electrons. The van der Waals surface area contributed by atoms with Crippen LogP contribution in [0.15, 0.2) is 18.2 Å². The molecule has 1 aromatic rings. The molecule has 3 aliphatic rings. The van der Waals surface area contributed by atoms with Crippen LogP contribution in [0.4, 0.5) is 18.0 Å². The third kappa shape index (κ3) is 5.52. The first-order chi connectivity index (χ1) is 18.7. The molecule has 0 aromatic heterocycles. The molecular weight excluding hydrogens is 535 g/mol. The number of aliphatic carboxylic acids is 1. The van der Waals surface area contributed by atoms with Crippen molar-refractivity contribution in [2.24, 2.45) is 35.3 Å². The molecule has 0 aliphatic heterocycles. The lowest BCUT2D eigenvalue weighted by Crippen LogP contribution is -2.61. The van der Waals surface area contributed by atoms with Gasteiger partial charge in [-0.15, -0.1) is 0 Å². The first-order valence-corrected chi connectivity index (χ1v) is 13.5. The standard InChI is InChI=1S/C28H36F3NO8/c1-13(2)17-7-5-14(3)9-21(17)40-26(36)39-15(4)38-25(35)28(32)22(11-18-23(28)27(18,31)24(33)34)37-12-16-6-8-19(29)20(30)10-16/h6,8,10,13-15,17-18,21-23H,5,7,9,11-12,32H2,1-4H3,(H,33,34)/t14-,15-,17+,18-,21?,22-,23+,27-,28+/m1/s1. The fourth-order valence-corrected chi connectivity index (χ4v) is 6.44. The highest BCUT2D eigenvalue weighted by Crippen LogP contribution is 2.67. The number of alkyl halides is 1. The maximum Gasteiger partial charge on any atom is 0.511 e. The van der Waals surface area contributed by atoms with Gasteiger partial charge in [-0.1, -0.05) is 33.3 Å². The molecule has 3 aliphatic carbocycles. The Morgan fingerprint density at radius 3 is 2.42 bits per heavy atom. The van der Waals surface area contributed by atoms with Crippen molar-refractivity contribution in [2.75, 3.05) is 0 Å². The number of esters is 1. The van der Waals surface area contributed by atoms with Gasteiger partial charge >= 0.3 is 18.1 Å². The molecule has 9 nitrogen and oxygen atoms in total. The Labute approximate surface area is 230 Å². The van der Waals surface area contributed by atoms with Gasteiger partial charge in [-0.25, -0.2) is 27.6 Å². The lowest BCUT2D eigenvalue weighted by Gasteiger charge is -2.36. The Morgan fingerprint density at radius 2 is 1.80 bits per heavy atom. The van der Waals surface area contributed by atoms with E-state index in [0.717, 1.165) is 25.0 Å². The van der Waals surface area contributed by atoms with Crippen LogP contribution in [0, 0.1) is 41.2 Å². The van der Waals surface area contributed by atoms with Gasteiger partial charge in [0.15, 0.2) is 11.6 Å². The molecule has 3 saturated carbocycles. The number of carbonyl (C=O) groups is 3. The second-order valence-corrected chi connectivity index (χ2v) is 11.7. The van der Waals surface area contributed by atoms with E-state index in [2.05, 4.69) is 6.92 Å². The number of carboxylic acids is 1. The number of benzene rings is 1. The van der Waals surface area contributed by atoms with E-state index >= 15 is 4.39 Å². The molecule has 3 N–H and O–H groups in total. The molecule has 40 heavy (non-hydrogen) atoms. The summed E-state index contributed by atoms with van der Waals surface area (Å²) in [4.78, 5) is 37.4. The number of halogens is 3. The molecule has 4 rings (SSSR count). The van der Waals surface area contributed by atoms with E-state index in [0.29, 0.717) is 12.3 Å². The van der Waals surface area contributed by atoms with Crippen LogP contribution in [0.25, 0.3) is 0 Å². The summed E-state index contributed by atoms with van der Waals surface area (Å²) in [5.74, 6) is -6.94. The molecule has 1 aromatic carbocycles. The predicted molar refractivity (Wildman–Crippen MR) is 133 cm³/mol. The summed E-state index contributed by atoms with van der Waals surface area (Å²) in [5, 5.41) is 9.43. The summed E-state index contributed by atoms with van der Waals surface area (Å²) in [7, 11) is 0. The highest BCUT2D eigenvalue weighted by molar-refractivity contribution is 5.91. The van der Waals surface area contributed by atoms with Crippen LogP contribution >= 0.6 is 0 Å². The summed E-state index contributed by atoms with van der Waals surface area (Å²) in [6.07, 6.45) is -1.72. The van der Waals surface area contributed by atoms with Gasteiger partial charge in [-0.3, -0.25) is 0 Å². The Hall–Kier alpha value is -2.86. The number of rotatable bonds is 9. The van der Waals surface area contributed by atoms with Crippen molar-refractivity contribution >= 4 is 18.1 Å². The lowest BCUT2D eigenvalue weighted by molar-refractivity contribution is -0.184. The number of nitrogens with two attached hydrogens (primary N) is 1. The number of carbonyl (C=O) groups excluding carboxylic acids is 2. The molecule has 3 fully saturated rings. The average molecular weight is 572 g/mol. The number of carboxylic acid groups (broad SMARTS) is 1. The van der Waals surface area contributed by atoms with E-state index in [4.69, 9.17) is 24.7 Å². The third-order valence-electron chi connectivity index (χ3n) is 8.66. The second-order valence-electron chi connectivity index (χ2n) is 11.7. The maximum atomic E-state index is 15.2. The summed E-state index contributed by atoms with van der Waals surface area (Å²) < 4.78 is 63.7. The fraction of sp³-hybridized carbons (Fsp3) is 0.679. The Kier molecular flexibility index (Phi) is 8.43. The monoisotopic (exact) mass is 571 g/mol. The van der Waals surface area contributed by atoms with Gasteiger partial charge < -0.3 is 29.8 Å². The van der Waals surface area contributed by atoms with E-state index in [1.807, 2.05) is 13.8 Å². The van der Waals surface area contributed by atoms with Crippen LogP contribution < -0.4 is 5.73 Å². The molecule has 12 heteroatoms.